The van der Waals surface area contributed by atoms with Crippen LogP contribution in [0.4, 0.5) is 0 Å². The van der Waals surface area contributed by atoms with Crippen molar-refractivity contribution in [3.63, 3.8) is 0 Å². The molecule has 1 N–H and O–H groups in total. The number of aliphatic hydroxyl groups is 1. The molecule has 0 aromatic carbocycles. The van der Waals surface area contributed by atoms with Crippen LogP contribution < -0.4 is 0 Å². The van der Waals surface area contributed by atoms with Crippen LogP contribution in [-0.4, -0.2) is 41.9 Å². The Morgan fingerprint density at radius 3 is 1.76 bits per heavy atom. The van der Waals surface area contributed by atoms with Crippen molar-refractivity contribution in [1.29, 1.82) is 0 Å². The van der Waals surface area contributed by atoms with Crippen LogP contribution >= 0.6 is 0 Å². The van der Waals surface area contributed by atoms with E-state index in [1.165, 1.54) is 51.4 Å². The molecule has 1 aliphatic heterocycles. The molecule has 6 heteroatoms. The van der Waals surface area contributed by atoms with Crippen molar-refractivity contribution in [2.75, 3.05) is 0 Å². The number of unbranched alkanes of at least 4 members (excludes halogenated alkanes) is 11. The van der Waals surface area contributed by atoms with E-state index in [-0.39, 0.29) is 12.3 Å². The second-order valence-corrected chi connectivity index (χ2v) is 19.9. The molecule has 0 spiro atoms. The second kappa shape index (κ2) is 18.0. The van der Waals surface area contributed by atoms with E-state index < -0.39 is 36.7 Å². The fourth-order valence-corrected chi connectivity index (χ4v) is 14.5. The van der Waals surface area contributed by atoms with Gasteiger partial charge in [0, 0.05) is 0 Å². The SMILES string of the molecule is CCCCCCC[CH2][Sn]1([CH2]CCCCCCC)[O]C(=O)CC(O)(CC(CC)CCCC)C(=O)[O]1. The molecule has 34 heavy (non-hydrogen) atoms. The molecule has 0 bridgehead atoms. The zero-order valence-corrected chi connectivity index (χ0v) is 25.7. The molecule has 5 nitrogen and oxygen atoms in total. The van der Waals surface area contributed by atoms with Crippen molar-refractivity contribution in [3.8, 4) is 0 Å². The van der Waals surface area contributed by atoms with Gasteiger partial charge in [0.15, 0.2) is 0 Å². The number of hydrogen-bond acceptors (Lipinski definition) is 5. The van der Waals surface area contributed by atoms with E-state index in [4.69, 9.17) is 6.15 Å². The maximum absolute atomic E-state index is 13.3. The number of rotatable bonds is 20. The zero-order chi connectivity index (χ0) is 25.3. The summed E-state index contributed by atoms with van der Waals surface area (Å²) in [4.78, 5) is 26.2. The van der Waals surface area contributed by atoms with Crippen molar-refractivity contribution in [2.45, 2.75) is 158 Å². The Balaban J connectivity index is 2.87. The summed E-state index contributed by atoms with van der Waals surface area (Å²) in [6, 6.07) is 0. The molecule has 0 aromatic rings. The monoisotopic (exact) mass is 590 g/mol. The molecule has 1 heterocycles. The molecule has 1 rings (SSSR count). The molecule has 0 saturated carbocycles. The summed E-state index contributed by atoms with van der Waals surface area (Å²) in [6.45, 7) is 8.66. The summed E-state index contributed by atoms with van der Waals surface area (Å²) in [7, 11) is 0. The number of carbonyl (C=O) groups excluding carboxylic acids is 2. The van der Waals surface area contributed by atoms with E-state index in [1.54, 1.807) is 0 Å². The van der Waals surface area contributed by atoms with Gasteiger partial charge in [-0.25, -0.2) is 0 Å². The summed E-state index contributed by atoms with van der Waals surface area (Å²) in [6.07, 6.45) is 17.8. The molecule has 2 atom stereocenters. The Morgan fingerprint density at radius 1 is 0.765 bits per heavy atom. The Hall–Kier alpha value is -0.301. The quantitative estimate of drug-likeness (QED) is 0.115. The van der Waals surface area contributed by atoms with Gasteiger partial charge >= 0.3 is 216 Å². The van der Waals surface area contributed by atoms with Gasteiger partial charge in [0.05, 0.1) is 0 Å². The zero-order valence-electron chi connectivity index (χ0n) is 22.8. The van der Waals surface area contributed by atoms with E-state index in [1.807, 2.05) is 0 Å². The molecule has 1 aliphatic rings. The average Bonchev–Trinajstić information content (AvgIpc) is 2.89. The predicted octanol–water partition coefficient (Wildman–Crippen LogP) is 7.98. The summed E-state index contributed by atoms with van der Waals surface area (Å²) in [5, 5.41) is 11.3. The van der Waals surface area contributed by atoms with Crippen LogP contribution in [0.1, 0.15) is 143 Å². The van der Waals surface area contributed by atoms with E-state index in [9.17, 15) is 14.7 Å². The predicted molar refractivity (Wildman–Crippen MR) is 142 cm³/mol. The fraction of sp³-hybridized carbons (Fsp3) is 0.929. The topological polar surface area (TPSA) is 72.8 Å². The molecule has 0 radical (unpaired) electrons. The summed E-state index contributed by atoms with van der Waals surface area (Å²) >= 11 is -3.96. The van der Waals surface area contributed by atoms with Crippen LogP contribution in [0.15, 0.2) is 0 Å². The van der Waals surface area contributed by atoms with Gasteiger partial charge in [-0.1, -0.05) is 0 Å². The van der Waals surface area contributed by atoms with Gasteiger partial charge in [-0.3, -0.25) is 0 Å². The van der Waals surface area contributed by atoms with E-state index in [0.29, 0.717) is 6.42 Å². The van der Waals surface area contributed by atoms with Crippen LogP contribution in [0.3, 0.4) is 0 Å². The molecule has 2 unspecified atom stereocenters. The maximum atomic E-state index is 13.3. The van der Waals surface area contributed by atoms with Crippen LogP contribution in [0.5, 0.6) is 0 Å². The molecular weight excluding hydrogens is 535 g/mol. The van der Waals surface area contributed by atoms with E-state index >= 15 is 0 Å². The van der Waals surface area contributed by atoms with Crippen molar-refractivity contribution in [1.82, 2.24) is 0 Å². The first kappa shape index (κ1) is 31.7. The Kier molecular flexibility index (Phi) is 16.8. The van der Waals surface area contributed by atoms with Gasteiger partial charge in [0.25, 0.3) is 0 Å². The molecular formula is C28H54O5Sn. The first-order valence-corrected chi connectivity index (χ1v) is 20.9. The van der Waals surface area contributed by atoms with Crippen LogP contribution in [-0.2, 0) is 15.7 Å². The van der Waals surface area contributed by atoms with Crippen molar-refractivity contribution >= 4 is 31.1 Å². The normalized spacial score (nSPS) is 21.1. The van der Waals surface area contributed by atoms with Gasteiger partial charge in [0.1, 0.15) is 0 Å². The molecule has 1 saturated heterocycles. The van der Waals surface area contributed by atoms with E-state index in [2.05, 4.69) is 27.7 Å². The molecule has 0 aromatic heterocycles. The minimum absolute atomic E-state index is 0.213. The Bertz CT molecular complexity index is 551. The van der Waals surface area contributed by atoms with E-state index in [0.717, 1.165) is 60.2 Å². The molecule has 1 fully saturated rings. The average molecular weight is 589 g/mol. The minimum atomic E-state index is -3.96. The Labute approximate surface area is 215 Å². The van der Waals surface area contributed by atoms with Gasteiger partial charge in [-0.15, -0.1) is 0 Å². The number of carbonyl (C=O) groups is 2. The van der Waals surface area contributed by atoms with Crippen LogP contribution in [0.25, 0.3) is 0 Å². The van der Waals surface area contributed by atoms with Crippen molar-refractivity contribution in [3.05, 3.63) is 0 Å². The van der Waals surface area contributed by atoms with Gasteiger partial charge < -0.3 is 0 Å². The van der Waals surface area contributed by atoms with Crippen LogP contribution in [0, 0.1) is 5.92 Å². The molecule has 0 amide bonds. The fourth-order valence-electron chi connectivity index (χ4n) is 5.09. The van der Waals surface area contributed by atoms with Crippen molar-refractivity contribution < 1.29 is 20.8 Å². The Morgan fingerprint density at radius 2 is 1.26 bits per heavy atom. The van der Waals surface area contributed by atoms with Crippen molar-refractivity contribution in [2.24, 2.45) is 5.92 Å². The summed E-state index contributed by atoms with van der Waals surface area (Å²) < 4.78 is 13.7. The molecule has 200 valence electrons. The van der Waals surface area contributed by atoms with Crippen LogP contribution in [0.2, 0.25) is 8.87 Å². The first-order valence-electron chi connectivity index (χ1n) is 14.5. The summed E-state index contributed by atoms with van der Waals surface area (Å²) in [5.41, 5.74) is -1.73. The number of hydrogen-bond donors (Lipinski definition) is 1. The summed E-state index contributed by atoms with van der Waals surface area (Å²) in [5.74, 6) is -0.766. The third-order valence-corrected chi connectivity index (χ3v) is 17.1. The van der Waals surface area contributed by atoms with Gasteiger partial charge in [0.2, 0.25) is 0 Å². The van der Waals surface area contributed by atoms with Gasteiger partial charge in [-0.05, 0) is 0 Å². The first-order chi connectivity index (χ1) is 16.3. The third kappa shape index (κ3) is 12.1. The standard InChI is InChI=1S/C12H22O5.2C8H17.Sn/c1-3-5-6-9(4-2)7-12(17,11(15)16)8-10(13)14;2*1-3-5-7-8-6-4-2;/h9,17H,3-8H2,1-2H3,(H,13,14)(H,15,16);2*1,3-8H2,2H3;/q;;;+2/p-2. The third-order valence-electron chi connectivity index (χ3n) is 7.39. The molecule has 0 aliphatic carbocycles. The second-order valence-electron chi connectivity index (χ2n) is 10.6. The van der Waals surface area contributed by atoms with Gasteiger partial charge in [-0.2, -0.15) is 0 Å².